The number of ether oxygens (including phenoxy) is 1. The second-order valence-corrected chi connectivity index (χ2v) is 11.1. The van der Waals surface area contributed by atoms with Crippen LogP contribution in [0.5, 0.6) is 5.75 Å². The lowest BCUT2D eigenvalue weighted by Crippen LogP contribution is -2.32. The summed E-state index contributed by atoms with van der Waals surface area (Å²) in [6.07, 6.45) is 2.68. The molecule has 210 valence electrons. The van der Waals surface area contributed by atoms with Crippen molar-refractivity contribution in [2.75, 3.05) is 44.6 Å². The average molecular weight is 566 g/mol. The van der Waals surface area contributed by atoms with Gasteiger partial charge in [0.25, 0.3) is 5.91 Å². The monoisotopic (exact) mass is 565 g/mol. The number of carbonyl (C=O) groups is 1. The van der Waals surface area contributed by atoms with E-state index in [0.717, 1.165) is 27.3 Å². The Morgan fingerprint density at radius 2 is 2.10 bits per heavy atom. The molecule has 2 aromatic carbocycles. The van der Waals surface area contributed by atoms with E-state index in [9.17, 15) is 14.3 Å². The normalized spacial score (nSPS) is 17.1. The number of aliphatic hydroxyl groups is 1. The summed E-state index contributed by atoms with van der Waals surface area (Å²) in [4.78, 5) is 31.2. The lowest BCUT2D eigenvalue weighted by Gasteiger charge is -2.28. The Morgan fingerprint density at radius 3 is 2.85 bits per heavy atom. The van der Waals surface area contributed by atoms with Gasteiger partial charge in [0.15, 0.2) is 5.82 Å². The van der Waals surface area contributed by atoms with Crippen LogP contribution >= 0.6 is 11.3 Å². The fraction of sp³-hybridized carbons (Fsp3) is 0.357. The molecule has 4 aromatic rings. The van der Waals surface area contributed by atoms with Crippen molar-refractivity contribution in [1.29, 1.82) is 0 Å². The maximum Gasteiger partial charge on any atom is 0.274 e. The van der Waals surface area contributed by atoms with Gasteiger partial charge < -0.3 is 30.7 Å². The van der Waals surface area contributed by atoms with E-state index in [1.807, 2.05) is 26.2 Å². The Labute approximate surface area is 235 Å². The number of hydrogen-bond acceptors (Lipinski definition) is 10. The Bertz CT molecular complexity index is 1530. The van der Waals surface area contributed by atoms with Crippen molar-refractivity contribution >= 4 is 38.8 Å². The zero-order valence-electron chi connectivity index (χ0n) is 22.6. The highest BCUT2D eigenvalue weighted by molar-refractivity contribution is 7.18. The molecule has 1 fully saturated rings. The number of methoxy groups -OCH3 is 1. The van der Waals surface area contributed by atoms with Crippen LogP contribution in [0, 0.1) is 5.82 Å². The Kier molecular flexibility index (Phi) is 8.22. The highest BCUT2D eigenvalue weighted by atomic mass is 32.1. The largest absolute Gasteiger partial charge is 0.496 e. The highest BCUT2D eigenvalue weighted by Crippen LogP contribution is 2.41. The molecule has 5 rings (SSSR count). The molecule has 2 atom stereocenters. The zero-order chi connectivity index (χ0) is 28.4. The SMILES string of the molecule is COc1cccc(F)c1-c1nccc(C(=O)Nc2ccc3sc(CN(C)C)nc3c2N2C[C@H](N)C[C@H]2CCO)n1. The standard InChI is InChI=1S/C28H32FN7O3S/c1-35(2)15-23-34-25-22(40-23)8-7-19(26(25)36-14-16(30)13-17(36)10-12-37)33-28(38)20-9-11-31-27(32-20)24-18(29)5-4-6-21(24)39-3/h4-9,11,16-17,37H,10,12-15,30H2,1-3H3,(H,33,38)/t16-,17-/m1/s1. The molecular weight excluding hydrogens is 533 g/mol. The van der Waals surface area contributed by atoms with Gasteiger partial charge in [0, 0.05) is 38.0 Å². The van der Waals surface area contributed by atoms with E-state index >= 15 is 0 Å². The van der Waals surface area contributed by atoms with E-state index < -0.39 is 11.7 Å². The number of benzene rings is 2. The quantitative estimate of drug-likeness (QED) is 0.279. The van der Waals surface area contributed by atoms with Crippen molar-refractivity contribution in [3.8, 4) is 17.1 Å². The second-order valence-electron chi connectivity index (χ2n) is 10.0. The molecule has 1 saturated heterocycles. The number of anilines is 2. The number of halogens is 1. The molecule has 40 heavy (non-hydrogen) atoms. The first-order chi connectivity index (χ1) is 19.3. The fourth-order valence-electron chi connectivity index (χ4n) is 5.09. The van der Waals surface area contributed by atoms with Crippen LogP contribution in [0.1, 0.15) is 28.3 Å². The van der Waals surface area contributed by atoms with Crippen LogP contribution in [0.2, 0.25) is 0 Å². The summed E-state index contributed by atoms with van der Waals surface area (Å²) in [5.41, 5.74) is 8.60. The summed E-state index contributed by atoms with van der Waals surface area (Å²) >= 11 is 1.60. The molecular formula is C28H32FN7O3S. The summed E-state index contributed by atoms with van der Waals surface area (Å²) in [6.45, 7) is 1.28. The van der Waals surface area contributed by atoms with Crippen molar-refractivity contribution in [1.82, 2.24) is 19.9 Å². The van der Waals surface area contributed by atoms with E-state index in [-0.39, 0.29) is 41.5 Å². The maximum absolute atomic E-state index is 14.7. The number of hydrogen-bond donors (Lipinski definition) is 3. The number of nitrogens with zero attached hydrogens (tertiary/aromatic N) is 5. The Balaban J connectivity index is 1.55. The van der Waals surface area contributed by atoms with Gasteiger partial charge in [0.1, 0.15) is 27.8 Å². The van der Waals surface area contributed by atoms with Crippen LogP contribution in [0.4, 0.5) is 15.8 Å². The first-order valence-corrected chi connectivity index (χ1v) is 13.8. The third kappa shape index (κ3) is 5.61. The van der Waals surface area contributed by atoms with Crippen LogP contribution < -0.4 is 20.7 Å². The molecule has 1 amide bonds. The van der Waals surface area contributed by atoms with Crippen molar-refractivity contribution < 1.29 is 19.0 Å². The molecule has 12 heteroatoms. The van der Waals surface area contributed by atoms with Crippen LogP contribution in [0.3, 0.4) is 0 Å². The molecule has 4 N–H and O–H groups in total. The summed E-state index contributed by atoms with van der Waals surface area (Å²) < 4.78 is 21.0. The topological polar surface area (TPSA) is 130 Å². The van der Waals surface area contributed by atoms with E-state index in [0.29, 0.717) is 25.2 Å². The molecule has 0 bridgehead atoms. The molecule has 10 nitrogen and oxygen atoms in total. The molecule has 2 aromatic heterocycles. The molecule has 1 aliphatic rings. The molecule has 0 aliphatic carbocycles. The minimum atomic E-state index is -0.554. The van der Waals surface area contributed by atoms with E-state index in [1.54, 1.807) is 17.4 Å². The van der Waals surface area contributed by atoms with Gasteiger partial charge in [-0.2, -0.15) is 0 Å². The number of fused-ring (bicyclic) bond motifs is 1. The molecule has 0 unspecified atom stereocenters. The van der Waals surface area contributed by atoms with E-state index in [4.69, 9.17) is 15.5 Å². The number of rotatable bonds is 9. The average Bonchev–Trinajstić information content (AvgIpc) is 3.50. The second kappa shape index (κ2) is 11.8. The highest BCUT2D eigenvalue weighted by Gasteiger charge is 2.33. The molecule has 0 saturated carbocycles. The Morgan fingerprint density at radius 1 is 1.27 bits per heavy atom. The summed E-state index contributed by atoms with van der Waals surface area (Å²) in [6, 6.07) is 9.63. The molecule has 0 spiro atoms. The van der Waals surface area contributed by atoms with Crippen LogP contribution in [-0.4, -0.2) is 77.3 Å². The van der Waals surface area contributed by atoms with Crippen LogP contribution in [0.25, 0.3) is 21.6 Å². The van der Waals surface area contributed by atoms with E-state index in [2.05, 4.69) is 25.1 Å². The predicted octanol–water partition coefficient (Wildman–Crippen LogP) is 3.50. The number of aliphatic hydroxyl groups excluding tert-OH is 1. The first-order valence-electron chi connectivity index (χ1n) is 13.0. The van der Waals surface area contributed by atoms with Gasteiger partial charge in [-0.15, -0.1) is 11.3 Å². The number of amides is 1. The number of nitrogens with two attached hydrogens (primary N) is 1. The summed E-state index contributed by atoms with van der Waals surface area (Å²) in [7, 11) is 5.41. The molecule has 0 radical (unpaired) electrons. The number of nitrogens with one attached hydrogen (secondary N) is 1. The van der Waals surface area contributed by atoms with Crippen LogP contribution in [0.15, 0.2) is 42.6 Å². The molecule has 1 aliphatic heterocycles. The lowest BCUT2D eigenvalue weighted by atomic mass is 10.1. The first kappa shape index (κ1) is 27.8. The van der Waals surface area contributed by atoms with Gasteiger partial charge >= 0.3 is 0 Å². The van der Waals surface area contributed by atoms with Gasteiger partial charge in [0.05, 0.1) is 28.7 Å². The molecule has 3 heterocycles. The van der Waals surface area contributed by atoms with Crippen molar-refractivity contribution in [2.24, 2.45) is 5.73 Å². The third-order valence-electron chi connectivity index (χ3n) is 6.78. The minimum Gasteiger partial charge on any atom is -0.496 e. The number of carbonyl (C=O) groups excluding carboxylic acids is 1. The summed E-state index contributed by atoms with van der Waals surface area (Å²) in [5, 5.41) is 13.7. The lowest BCUT2D eigenvalue weighted by molar-refractivity contribution is 0.102. The van der Waals surface area contributed by atoms with Gasteiger partial charge in [-0.1, -0.05) is 6.07 Å². The number of thiazole rings is 1. The van der Waals surface area contributed by atoms with Gasteiger partial charge in [0.2, 0.25) is 0 Å². The van der Waals surface area contributed by atoms with Crippen molar-refractivity contribution in [2.45, 2.75) is 31.5 Å². The van der Waals surface area contributed by atoms with Crippen LogP contribution in [-0.2, 0) is 6.54 Å². The minimum absolute atomic E-state index is 0.000533. The van der Waals surface area contributed by atoms with Crippen molar-refractivity contribution in [3.05, 3.63) is 59.1 Å². The predicted molar refractivity (Wildman–Crippen MR) is 154 cm³/mol. The van der Waals surface area contributed by atoms with Gasteiger partial charge in [-0.05, 0) is 57.3 Å². The maximum atomic E-state index is 14.7. The van der Waals surface area contributed by atoms with Gasteiger partial charge in [-0.25, -0.2) is 19.3 Å². The van der Waals surface area contributed by atoms with Gasteiger partial charge in [-0.3, -0.25) is 4.79 Å². The smallest absolute Gasteiger partial charge is 0.274 e. The fourth-order valence-corrected chi connectivity index (χ4v) is 6.18. The number of aromatic nitrogens is 3. The summed E-state index contributed by atoms with van der Waals surface area (Å²) in [5.74, 6) is -0.727. The van der Waals surface area contributed by atoms with Crippen molar-refractivity contribution in [3.63, 3.8) is 0 Å². The Hall–Kier alpha value is -3.71. The third-order valence-corrected chi connectivity index (χ3v) is 7.79. The van der Waals surface area contributed by atoms with E-state index in [1.165, 1.54) is 31.5 Å². The zero-order valence-corrected chi connectivity index (χ0v) is 23.4.